The molecule has 0 bridgehead atoms. The van der Waals surface area contributed by atoms with Crippen LogP contribution in [0.5, 0.6) is 0 Å². The van der Waals surface area contributed by atoms with Crippen LogP contribution < -0.4 is 5.32 Å². The Bertz CT molecular complexity index is 756. The fourth-order valence-electron chi connectivity index (χ4n) is 3.19. The average molecular weight is 341 g/mol. The summed E-state index contributed by atoms with van der Waals surface area (Å²) in [5.41, 5.74) is 4.19. The largest absolute Gasteiger partial charge is 0.351 e. The first-order valence-corrected chi connectivity index (χ1v) is 9.03. The molecule has 1 amide bonds. The highest BCUT2D eigenvalue weighted by atomic mass is 16.1. The summed E-state index contributed by atoms with van der Waals surface area (Å²) in [4.78, 5) is 14.9. The number of fused-ring (bicyclic) bond motifs is 1. The lowest BCUT2D eigenvalue weighted by atomic mass is 10.0. The highest BCUT2D eigenvalue weighted by Crippen LogP contribution is 2.29. The number of amides is 1. The predicted octanol–water partition coefficient (Wildman–Crippen LogP) is 3.94. The van der Waals surface area contributed by atoms with E-state index in [2.05, 4.69) is 53.4 Å². The molecule has 0 aliphatic heterocycles. The Hall–Kier alpha value is -2.07. The molecule has 2 rings (SSSR count). The number of nitrogens with zero attached hydrogens (tertiary/aromatic N) is 2. The Morgan fingerprint density at radius 3 is 2.68 bits per heavy atom. The van der Waals surface area contributed by atoms with Crippen LogP contribution in [0.3, 0.4) is 0 Å². The fourth-order valence-corrected chi connectivity index (χ4v) is 3.19. The molecule has 0 fully saturated rings. The van der Waals surface area contributed by atoms with Gasteiger partial charge >= 0.3 is 0 Å². The molecule has 1 heterocycles. The number of carbonyl (C=O) groups excluding carboxylic acids is 1. The molecule has 0 radical (unpaired) electrons. The van der Waals surface area contributed by atoms with Gasteiger partial charge in [-0.05, 0) is 63.2 Å². The number of rotatable bonds is 8. The molecular weight excluding hydrogens is 310 g/mol. The van der Waals surface area contributed by atoms with Crippen LogP contribution in [0.25, 0.3) is 10.9 Å². The number of allylic oxidation sites excluding steroid dienone is 1. The highest BCUT2D eigenvalue weighted by Gasteiger charge is 2.20. The second-order valence-electron chi connectivity index (χ2n) is 7.22. The van der Waals surface area contributed by atoms with Crippen LogP contribution in [0.15, 0.2) is 30.9 Å². The van der Waals surface area contributed by atoms with Gasteiger partial charge in [-0.15, -0.1) is 6.58 Å². The zero-order valence-electron chi connectivity index (χ0n) is 16.2. The summed E-state index contributed by atoms with van der Waals surface area (Å²) < 4.78 is 2.07. The molecule has 0 saturated heterocycles. The zero-order valence-corrected chi connectivity index (χ0v) is 16.2. The van der Waals surface area contributed by atoms with Crippen LogP contribution in [0.2, 0.25) is 0 Å². The molecule has 0 spiro atoms. The maximum Gasteiger partial charge on any atom is 0.268 e. The molecule has 25 heavy (non-hydrogen) atoms. The van der Waals surface area contributed by atoms with Crippen molar-refractivity contribution in [2.75, 3.05) is 27.2 Å². The quantitative estimate of drug-likeness (QED) is 0.583. The number of hydrogen-bond donors (Lipinski definition) is 1. The Morgan fingerprint density at radius 1 is 1.36 bits per heavy atom. The molecule has 2 aromatic rings. The first-order valence-electron chi connectivity index (χ1n) is 9.03. The molecule has 1 N–H and O–H groups in total. The number of hydrogen-bond acceptors (Lipinski definition) is 2. The van der Waals surface area contributed by atoms with Crippen molar-refractivity contribution in [3.8, 4) is 0 Å². The summed E-state index contributed by atoms with van der Waals surface area (Å²) in [5.74, 6) is 0.468. The molecular formula is C21H31N3O. The fraction of sp³-hybridized carbons (Fsp3) is 0.476. The molecule has 4 heteroatoms. The van der Waals surface area contributed by atoms with Crippen molar-refractivity contribution >= 4 is 16.8 Å². The van der Waals surface area contributed by atoms with Crippen molar-refractivity contribution < 1.29 is 4.79 Å². The highest BCUT2D eigenvalue weighted by molar-refractivity contribution is 6.01. The van der Waals surface area contributed by atoms with Gasteiger partial charge in [-0.1, -0.05) is 26.0 Å². The number of carbonyl (C=O) groups is 1. The molecule has 0 saturated carbocycles. The van der Waals surface area contributed by atoms with Crippen molar-refractivity contribution in [1.82, 2.24) is 14.8 Å². The first kappa shape index (κ1) is 19.3. The van der Waals surface area contributed by atoms with Gasteiger partial charge in [-0.2, -0.15) is 0 Å². The van der Waals surface area contributed by atoms with E-state index in [0.29, 0.717) is 19.0 Å². The third-order valence-electron chi connectivity index (χ3n) is 4.60. The van der Waals surface area contributed by atoms with Crippen LogP contribution >= 0.6 is 0 Å². The molecule has 4 nitrogen and oxygen atoms in total. The molecule has 136 valence electrons. The van der Waals surface area contributed by atoms with Gasteiger partial charge in [0, 0.05) is 24.0 Å². The Labute approximate surface area is 151 Å². The molecule has 0 aliphatic carbocycles. The Kier molecular flexibility index (Phi) is 6.43. The van der Waals surface area contributed by atoms with Gasteiger partial charge in [0.15, 0.2) is 0 Å². The topological polar surface area (TPSA) is 37.3 Å². The second kappa shape index (κ2) is 8.34. The van der Waals surface area contributed by atoms with E-state index in [9.17, 15) is 4.79 Å². The summed E-state index contributed by atoms with van der Waals surface area (Å²) >= 11 is 0. The minimum Gasteiger partial charge on any atom is -0.351 e. The summed E-state index contributed by atoms with van der Waals surface area (Å²) in [6, 6.07) is 6.51. The van der Waals surface area contributed by atoms with Crippen molar-refractivity contribution in [3.63, 3.8) is 0 Å². The van der Waals surface area contributed by atoms with Gasteiger partial charge in [-0.25, -0.2) is 0 Å². The SMILES string of the molecule is C=CCn1c(C(=O)NCCCN(C)C)c(C)c2cc(C(C)C)ccc21. The second-order valence-corrected chi connectivity index (χ2v) is 7.22. The maximum atomic E-state index is 12.8. The van der Waals surface area contributed by atoms with E-state index in [-0.39, 0.29) is 5.91 Å². The minimum atomic E-state index is 0.000373. The van der Waals surface area contributed by atoms with E-state index in [1.165, 1.54) is 5.56 Å². The number of nitrogens with one attached hydrogen (secondary N) is 1. The summed E-state index contributed by atoms with van der Waals surface area (Å²) in [6.45, 7) is 12.6. The van der Waals surface area contributed by atoms with Crippen LogP contribution in [0, 0.1) is 6.92 Å². The van der Waals surface area contributed by atoms with Crippen molar-refractivity contribution in [2.45, 2.75) is 39.7 Å². The predicted molar refractivity (Wildman–Crippen MR) is 106 cm³/mol. The van der Waals surface area contributed by atoms with Crippen molar-refractivity contribution in [3.05, 3.63) is 47.7 Å². The molecule has 0 atom stereocenters. The van der Waals surface area contributed by atoms with E-state index in [4.69, 9.17) is 0 Å². The van der Waals surface area contributed by atoms with Crippen LogP contribution in [-0.4, -0.2) is 42.6 Å². The van der Waals surface area contributed by atoms with E-state index < -0.39 is 0 Å². The lowest BCUT2D eigenvalue weighted by Gasteiger charge is -2.12. The average Bonchev–Trinajstić information content (AvgIpc) is 2.83. The zero-order chi connectivity index (χ0) is 18.6. The monoisotopic (exact) mass is 341 g/mol. The van der Waals surface area contributed by atoms with Crippen LogP contribution in [0.1, 0.15) is 47.8 Å². The van der Waals surface area contributed by atoms with E-state index >= 15 is 0 Å². The van der Waals surface area contributed by atoms with Gasteiger partial charge in [0.1, 0.15) is 5.69 Å². The lowest BCUT2D eigenvalue weighted by molar-refractivity contribution is 0.0943. The Morgan fingerprint density at radius 2 is 2.08 bits per heavy atom. The van der Waals surface area contributed by atoms with Crippen LogP contribution in [0.4, 0.5) is 0 Å². The summed E-state index contributed by atoms with van der Waals surface area (Å²) in [6.07, 6.45) is 2.79. The summed E-state index contributed by atoms with van der Waals surface area (Å²) in [7, 11) is 4.08. The van der Waals surface area contributed by atoms with Gasteiger partial charge in [0.2, 0.25) is 0 Å². The first-order chi connectivity index (χ1) is 11.9. The van der Waals surface area contributed by atoms with E-state index in [1.807, 2.05) is 27.1 Å². The van der Waals surface area contributed by atoms with Crippen molar-refractivity contribution in [2.24, 2.45) is 0 Å². The third kappa shape index (κ3) is 4.31. The molecule has 0 aliphatic rings. The summed E-state index contributed by atoms with van der Waals surface area (Å²) in [5, 5.41) is 4.23. The minimum absolute atomic E-state index is 0.000373. The van der Waals surface area contributed by atoms with Crippen LogP contribution in [-0.2, 0) is 6.54 Å². The molecule has 0 unspecified atom stereocenters. The van der Waals surface area contributed by atoms with E-state index in [1.54, 1.807) is 0 Å². The number of benzene rings is 1. The van der Waals surface area contributed by atoms with Gasteiger partial charge < -0.3 is 14.8 Å². The van der Waals surface area contributed by atoms with Gasteiger partial charge in [-0.3, -0.25) is 4.79 Å². The van der Waals surface area contributed by atoms with E-state index in [0.717, 1.165) is 35.1 Å². The lowest BCUT2D eigenvalue weighted by Crippen LogP contribution is -2.29. The van der Waals surface area contributed by atoms with Gasteiger partial charge in [0.05, 0.1) is 0 Å². The van der Waals surface area contributed by atoms with Gasteiger partial charge in [0.25, 0.3) is 5.91 Å². The smallest absolute Gasteiger partial charge is 0.268 e. The molecule has 1 aromatic heterocycles. The van der Waals surface area contributed by atoms with Crippen molar-refractivity contribution in [1.29, 1.82) is 0 Å². The normalized spacial score (nSPS) is 11.5. The number of aryl methyl sites for hydroxylation is 1. The maximum absolute atomic E-state index is 12.8. The standard InChI is InChI=1S/C21H31N3O/c1-7-12-24-19-10-9-17(15(2)3)14-18(19)16(4)20(24)21(25)22-11-8-13-23(5)6/h7,9-10,14-15H,1,8,11-13H2,2-6H3,(H,22,25). The molecule has 1 aromatic carbocycles. The number of aromatic nitrogens is 1. The Balaban J connectivity index is 2.36. The third-order valence-corrected chi connectivity index (χ3v) is 4.60.